The molecule has 11 heteroatoms. The highest BCUT2D eigenvalue weighted by atomic mass is 35.5. The second-order valence-electron chi connectivity index (χ2n) is 9.53. The molecule has 4 rings (SSSR count). The zero-order valence-corrected chi connectivity index (χ0v) is 20.3. The molecular formula is C25H26ClF6N3O. The number of fused-ring (bicyclic) bond motifs is 1. The maximum absolute atomic E-state index is 13.2. The molecule has 36 heavy (non-hydrogen) atoms. The fourth-order valence-corrected chi connectivity index (χ4v) is 5.12. The minimum Gasteiger partial charge on any atom is -0.385 e. The maximum atomic E-state index is 13.2. The molecule has 1 N–H and O–H groups in total. The van der Waals surface area contributed by atoms with Crippen LogP contribution in [-0.2, 0) is 12.4 Å². The van der Waals surface area contributed by atoms with Gasteiger partial charge in [-0.25, -0.2) is 0 Å². The molecule has 0 saturated carbocycles. The van der Waals surface area contributed by atoms with Crippen LogP contribution in [0.25, 0.3) is 0 Å². The Hall–Kier alpha value is -2.46. The van der Waals surface area contributed by atoms with Gasteiger partial charge in [-0.2, -0.15) is 26.3 Å². The van der Waals surface area contributed by atoms with E-state index in [0.29, 0.717) is 30.2 Å². The SMILES string of the molecule is Cc1ccc(NCCCN2CC3CN(C(=O)c4cc(C(F)(F)F)cc(C(F)(F)F)c4)CC3C2)cc1Cl. The van der Waals surface area contributed by atoms with Crippen LogP contribution in [0.5, 0.6) is 0 Å². The van der Waals surface area contributed by atoms with Gasteiger partial charge in [-0.1, -0.05) is 17.7 Å². The van der Waals surface area contributed by atoms with E-state index in [2.05, 4.69) is 10.2 Å². The Bertz CT molecular complexity index is 1070. The molecule has 0 aliphatic carbocycles. The largest absolute Gasteiger partial charge is 0.416 e. The predicted octanol–water partition coefficient (Wildman–Crippen LogP) is 6.19. The monoisotopic (exact) mass is 533 g/mol. The van der Waals surface area contributed by atoms with Crippen molar-refractivity contribution in [2.24, 2.45) is 11.8 Å². The minimum absolute atomic E-state index is 0.0374. The molecular weight excluding hydrogens is 508 g/mol. The predicted molar refractivity (Wildman–Crippen MR) is 125 cm³/mol. The highest BCUT2D eigenvalue weighted by Crippen LogP contribution is 2.38. The second kappa shape index (κ2) is 10.1. The van der Waals surface area contributed by atoms with E-state index in [-0.39, 0.29) is 17.9 Å². The van der Waals surface area contributed by atoms with Crippen molar-refractivity contribution < 1.29 is 31.1 Å². The van der Waals surface area contributed by atoms with E-state index >= 15 is 0 Å². The Morgan fingerprint density at radius 1 is 0.944 bits per heavy atom. The molecule has 0 radical (unpaired) electrons. The maximum Gasteiger partial charge on any atom is 0.416 e. The zero-order chi connectivity index (χ0) is 26.3. The lowest BCUT2D eigenvalue weighted by molar-refractivity contribution is -0.143. The average molecular weight is 534 g/mol. The summed E-state index contributed by atoms with van der Waals surface area (Å²) in [4.78, 5) is 16.5. The number of carbonyl (C=O) groups excluding carboxylic acids is 1. The highest BCUT2D eigenvalue weighted by molar-refractivity contribution is 6.31. The number of alkyl halides is 6. The molecule has 2 fully saturated rings. The number of hydrogen-bond donors (Lipinski definition) is 1. The minimum atomic E-state index is -4.99. The Labute approximate surface area is 210 Å². The smallest absolute Gasteiger partial charge is 0.385 e. The van der Waals surface area contributed by atoms with Crippen LogP contribution in [0.3, 0.4) is 0 Å². The van der Waals surface area contributed by atoms with Crippen LogP contribution in [0.1, 0.15) is 33.5 Å². The average Bonchev–Trinajstić information content (AvgIpc) is 3.36. The molecule has 2 aliphatic heterocycles. The van der Waals surface area contributed by atoms with Crippen molar-refractivity contribution >= 4 is 23.2 Å². The lowest BCUT2D eigenvalue weighted by Crippen LogP contribution is -2.34. The molecule has 2 heterocycles. The molecule has 0 spiro atoms. The number of anilines is 1. The van der Waals surface area contributed by atoms with Crippen LogP contribution < -0.4 is 5.32 Å². The third kappa shape index (κ3) is 6.08. The lowest BCUT2D eigenvalue weighted by atomic mass is 10.0. The van der Waals surface area contributed by atoms with Crippen molar-refractivity contribution in [1.29, 1.82) is 0 Å². The van der Waals surface area contributed by atoms with E-state index < -0.39 is 35.0 Å². The number of aryl methyl sites for hydroxylation is 1. The second-order valence-corrected chi connectivity index (χ2v) is 9.94. The van der Waals surface area contributed by atoms with Crippen LogP contribution in [0.15, 0.2) is 36.4 Å². The number of nitrogens with one attached hydrogen (secondary N) is 1. The summed E-state index contributed by atoms with van der Waals surface area (Å²) in [7, 11) is 0. The van der Waals surface area contributed by atoms with Gasteiger partial charge in [0.1, 0.15) is 0 Å². The molecule has 1 amide bonds. The Morgan fingerprint density at radius 2 is 1.53 bits per heavy atom. The van der Waals surface area contributed by atoms with Gasteiger partial charge in [-0.15, -0.1) is 0 Å². The first kappa shape index (κ1) is 26.6. The molecule has 196 valence electrons. The van der Waals surface area contributed by atoms with E-state index in [4.69, 9.17) is 11.6 Å². The van der Waals surface area contributed by atoms with Crippen LogP contribution in [0.2, 0.25) is 5.02 Å². The van der Waals surface area contributed by atoms with Crippen LogP contribution in [-0.4, -0.2) is 55.0 Å². The van der Waals surface area contributed by atoms with Crippen molar-refractivity contribution in [3.05, 3.63) is 63.7 Å². The number of benzene rings is 2. The summed E-state index contributed by atoms with van der Waals surface area (Å²) < 4.78 is 78.9. The van der Waals surface area contributed by atoms with Crippen molar-refractivity contribution in [2.75, 3.05) is 44.6 Å². The molecule has 2 saturated heterocycles. The van der Waals surface area contributed by atoms with E-state index in [1.165, 1.54) is 4.90 Å². The summed E-state index contributed by atoms with van der Waals surface area (Å²) in [6.07, 6.45) is -9.09. The van der Waals surface area contributed by atoms with Gasteiger partial charge in [-0.3, -0.25) is 4.79 Å². The summed E-state index contributed by atoms with van der Waals surface area (Å²) in [5.41, 5.74) is -1.59. The Morgan fingerprint density at radius 3 is 2.06 bits per heavy atom. The van der Waals surface area contributed by atoms with Crippen LogP contribution >= 0.6 is 11.6 Å². The van der Waals surface area contributed by atoms with Crippen molar-refractivity contribution in [1.82, 2.24) is 9.80 Å². The third-order valence-electron chi connectivity index (χ3n) is 6.84. The zero-order valence-electron chi connectivity index (χ0n) is 19.5. The first-order valence-corrected chi connectivity index (χ1v) is 12.0. The first-order chi connectivity index (χ1) is 16.8. The number of hydrogen-bond acceptors (Lipinski definition) is 3. The molecule has 2 unspecified atom stereocenters. The van der Waals surface area contributed by atoms with Gasteiger partial charge in [0, 0.05) is 49.0 Å². The fourth-order valence-electron chi connectivity index (χ4n) is 4.94. The molecule has 2 aliphatic rings. The van der Waals surface area contributed by atoms with Crippen molar-refractivity contribution in [2.45, 2.75) is 25.7 Å². The third-order valence-corrected chi connectivity index (χ3v) is 7.24. The summed E-state index contributed by atoms with van der Waals surface area (Å²) in [5.74, 6) is -0.509. The van der Waals surface area contributed by atoms with Gasteiger partial charge in [-0.05, 0) is 67.6 Å². The summed E-state index contributed by atoms with van der Waals surface area (Å²) in [6.45, 7) is 5.64. The van der Waals surface area contributed by atoms with Crippen molar-refractivity contribution in [3.8, 4) is 0 Å². The van der Waals surface area contributed by atoms with E-state index in [1.807, 2.05) is 25.1 Å². The van der Waals surface area contributed by atoms with Gasteiger partial charge in [0.05, 0.1) is 11.1 Å². The number of likely N-dealkylation sites (tertiary alicyclic amines) is 2. The number of carbonyl (C=O) groups is 1. The van der Waals surface area contributed by atoms with Gasteiger partial charge in [0.15, 0.2) is 0 Å². The molecule has 0 aromatic heterocycles. The van der Waals surface area contributed by atoms with Gasteiger partial charge in [0.25, 0.3) is 5.91 Å². The van der Waals surface area contributed by atoms with Gasteiger partial charge in [0.2, 0.25) is 0 Å². The summed E-state index contributed by atoms with van der Waals surface area (Å²) >= 11 is 6.14. The van der Waals surface area contributed by atoms with E-state index in [0.717, 1.165) is 43.9 Å². The normalized spacial score (nSPS) is 20.6. The van der Waals surface area contributed by atoms with Crippen molar-refractivity contribution in [3.63, 3.8) is 0 Å². The topological polar surface area (TPSA) is 35.6 Å². The molecule has 4 nitrogen and oxygen atoms in total. The van der Waals surface area contributed by atoms with Gasteiger partial charge < -0.3 is 15.1 Å². The Balaban J connectivity index is 1.31. The number of halogens is 7. The summed E-state index contributed by atoms with van der Waals surface area (Å²) in [6, 6.07) is 6.84. The molecule has 2 aromatic carbocycles. The van der Waals surface area contributed by atoms with Crippen LogP contribution in [0, 0.1) is 18.8 Å². The van der Waals surface area contributed by atoms with Gasteiger partial charge >= 0.3 is 12.4 Å². The fraction of sp³-hybridized carbons (Fsp3) is 0.480. The number of amides is 1. The first-order valence-electron chi connectivity index (χ1n) is 11.6. The number of rotatable bonds is 6. The lowest BCUT2D eigenvalue weighted by Gasteiger charge is -2.22. The molecule has 0 bridgehead atoms. The van der Waals surface area contributed by atoms with Crippen LogP contribution in [0.4, 0.5) is 32.0 Å². The van der Waals surface area contributed by atoms with E-state index in [1.54, 1.807) is 0 Å². The standard InChI is InChI=1S/C25H26ClF6N3O/c1-15-3-4-21(10-22(15)26)33-5-2-6-34-11-17-13-35(14-18(17)12-34)23(36)16-7-19(24(27,28)29)9-20(8-16)25(30,31)32/h3-4,7-10,17-18,33H,2,5-6,11-14H2,1H3. The quantitative estimate of drug-likeness (QED) is 0.355. The summed E-state index contributed by atoms with van der Waals surface area (Å²) in [5, 5.41) is 4.03. The molecule has 2 aromatic rings. The number of nitrogens with zero attached hydrogens (tertiary/aromatic N) is 2. The van der Waals surface area contributed by atoms with E-state index in [9.17, 15) is 31.1 Å². The highest BCUT2D eigenvalue weighted by Gasteiger charge is 2.43. The molecule has 2 atom stereocenters. The Kier molecular flexibility index (Phi) is 7.48.